The number of ketones is 1. The number of carbonyl (C=O) groups excluding carboxylic acids is 2. The fraction of sp³-hybridized carbons (Fsp3) is 0.231. The molecule has 3 nitrogen and oxygen atoms in total. The minimum atomic E-state index is -0.981. The van der Waals surface area contributed by atoms with E-state index in [1.807, 2.05) is 60.7 Å². The fourth-order valence-corrected chi connectivity index (χ4v) is 4.36. The number of hydrogen-bond donors (Lipinski definition) is 0. The predicted octanol–water partition coefficient (Wildman–Crippen LogP) is 6.32. The Morgan fingerprint density at radius 2 is 1.37 bits per heavy atom. The van der Waals surface area contributed by atoms with E-state index in [0.717, 1.165) is 18.4 Å². The van der Waals surface area contributed by atoms with Crippen molar-refractivity contribution in [1.29, 1.82) is 0 Å². The molecule has 1 aliphatic rings. The maximum absolute atomic E-state index is 13.6. The molecule has 1 saturated carbocycles. The van der Waals surface area contributed by atoms with E-state index in [0.29, 0.717) is 29.0 Å². The van der Waals surface area contributed by atoms with Crippen molar-refractivity contribution >= 4 is 23.4 Å². The third kappa shape index (κ3) is 4.03. The summed E-state index contributed by atoms with van der Waals surface area (Å²) in [6.45, 7) is 0. The zero-order chi connectivity index (χ0) is 21.0. The Bertz CT molecular complexity index is 1010. The largest absolute Gasteiger partial charge is 0.448 e. The van der Waals surface area contributed by atoms with Crippen molar-refractivity contribution in [2.75, 3.05) is 0 Å². The van der Waals surface area contributed by atoms with Gasteiger partial charge in [0, 0.05) is 16.1 Å². The summed E-state index contributed by atoms with van der Waals surface area (Å²) in [6.07, 6.45) is 2.31. The first kappa shape index (κ1) is 20.4. The van der Waals surface area contributed by atoms with Gasteiger partial charge < -0.3 is 4.74 Å². The van der Waals surface area contributed by atoms with Gasteiger partial charge in [0.1, 0.15) is 0 Å². The molecule has 4 heteroatoms. The van der Waals surface area contributed by atoms with E-state index in [9.17, 15) is 9.59 Å². The summed E-state index contributed by atoms with van der Waals surface area (Å²) in [7, 11) is 0. The second kappa shape index (κ2) is 8.85. The van der Waals surface area contributed by atoms with Gasteiger partial charge >= 0.3 is 5.97 Å². The first-order valence-corrected chi connectivity index (χ1v) is 10.6. The topological polar surface area (TPSA) is 43.4 Å². The Labute approximate surface area is 181 Å². The van der Waals surface area contributed by atoms with Gasteiger partial charge in [0.05, 0.1) is 5.41 Å². The van der Waals surface area contributed by atoms with Gasteiger partial charge in [-0.3, -0.25) is 9.59 Å². The summed E-state index contributed by atoms with van der Waals surface area (Å²) in [6, 6.07) is 25.6. The van der Waals surface area contributed by atoms with Crippen molar-refractivity contribution in [1.82, 2.24) is 0 Å². The quantitative estimate of drug-likeness (QED) is 0.347. The maximum atomic E-state index is 13.6. The lowest BCUT2D eigenvalue weighted by molar-refractivity contribution is -0.154. The molecule has 3 aromatic rings. The van der Waals surface area contributed by atoms with Crippen LogP contribution in [0.5, 0.6) is 0 Å². The number of Topliss-reactive ketones (excluding diaryl/α,β-unsaturated/α-hetero) is 1. The highest BCUT2D eigenvalue weighted by Crippen LogP contribution is 2.43. The van der Waals surface area contributed by atoms with E-state index in [2.05, 4.69) is 0 Å². The zero-order valence-corrected chi connectivity index (χ0v) is 17.3. The number of ether oxygens (including phenoxy) is 1. The Morgan fingerprint density at radius 3 is 1.97 bits per heavy atom. The predicted molar refractivity (Wildman–Crippen MR) is 118 cm³/mol. The van der Waals surface area contributed by atoms with Crippen LogP contribution in [0.1, 0.15) is 53.3 Å². The molecule has 0 spiro atoms. The van der Waals surface area contributed by atoms with Crippen LogP contribution in [0, 0.1) is 0 Å². The van der Waals surface area contributed by atoms with E-state index >= 15 is 0 Å². The van der Waals surface area contributed by atoms with Crippen LogP contribution in [0.15, 0.2) is 84.9 Å². The first-order chi connectivity index (χ1) is 14.6. The number of halogens is 1. The maximum Gasteiger partial charge on any atom is 0.317 e. The second-order valence-corrected chi connectivity index (χ2v) is 8.16. The van der Waals surface area contributed by atoms with E-state index in [4.69, 9.17) is 16.3 Å². The summed E-state index contributed by atoms with van der Waals surface area (Å²) in [5.41, 5.74) is 1.35. The lowest BCUT2D eigenvalue weighted by Crippen LogP contribution is -2.37. The number of carbonyl (C=O) groups is 2. The van der Waals surface area contributed by atoms with Gasteiger partial charge in [-0.2, -0.15) is 0 Å². The van der Waals surface area contributed by atoms with Crippen LogP contribution in [0.3, 0.4) is 0 Å². The van der Waals surface area contributed by atoms with E-state index < -0.39 is 11.5 Å². The van der Waals surface area contributed by atoms with Gasteiger partial charge in [0.25, 0.3) is 0 Å². The number of rotatable bonds is 6. The molecule has 1 aliphatic carbocycles. The molecule has 4 rings (SSSR count). The van der Waals surface area contributed by atoms with Crippen molar-refractivity contribution in [3.8, 4) is 0 Å². The molecule has 30 heavy (non-hydrogen) atoms. The molecule has 1 fully saturated rings. The summed E-state index contributed by atoms with van der Waals surface area (Å²) in [5, 5.41) is 0.627. The van der Waals surface area contributed by atoms with Crippen molar-refractivity contribution in [3.63, 3.8) is 0 Å². The van der Waals surface area contributed by atoms with Crippen LogP contribution in [0.2, 0.25) is 5.02 Å². The standard InChI is InChI=1S/C26H23ClO3/c27-22-15-13-21(14-16-22)26(17-7-8-18-26)25(29)30-24(20-11-5-2-6-12-20)23(28)19-9-3-1-4-10-19/h1-6,9-16,24H,7-8,17-18H2. The van der Waals surface area contributed by atoms with Crippen LogP contribution in [0.4, 0.5) is 0 Å². The number of esters is 1. The second-order valence-electron chi connectivity index (χ2n) is 7.72. The zero-order valence-electron chi connectivity index (χ0n) is 16.6. The highest BCUT2D eigenvalue weighted by Gasteiger charge is 2.45. The molecular formula is C26H23ClO3. The molecule has 0 bridgehead atoms. The van der Waals surface area contributed by atoms with Gasteiger partial charge in [-0.25, -0.2) is 0 Å². The average molecular weight is 419 g/mol. The SMILES string of the molecule is O=C(c1ccccc1)C(OC(=O)C1(c2ccc(Cl)cc2)CCCC1)c1ccccc1. The molecule has 1 unspecified atom stereocenters. The first-order valence-electron chi connectivity index (χ1n) is 10.2. The van der Waals surface area contributed by atoms with Gasteiger partial charge in [-0.05, 0) is 30.5 Å². The van der Waals surface area contributed by atoms with Crippen molar-refractivity contribution in [2.45, 2.75) is 37.2 Å². The van der Waals surface area contributed by atoms with Crippen molar-refractivity contribution < 1.29 is 14.3 Å². The third-order valence-electron chi connectivity index (χ3n) is 5.87. The highest BCUT2D eigenvalue weighted by atomic mass is 35.5. The molecule has 0 aliphatic heterocycles. The molecule has 0 N–H and O–H groups in total. The normalized spacial score (nSPS) is 16.0. The Hall–Kier alpha value is -2.91. The monoisotopic (exact) mass is 418 g/mol. The van der Waals surface area contributed by atoms with Crippen molar-refractivity contribution in [2.24, 2.45) is 0 Å². The molecule has 0 aromatic heterocycles. The van der Waals surface area contributed by atoms with E-state index in [1.165, 1.54) is 0 Å². The molecule has 1 atom stereocenters. The van der Waals surface area contributed by atoms with Gasteiger partial charge in [-0.1, -0.05) is 97.2 Å². The number of hydrogen-bond acceptors (Lipinski definition) is 3. The summed E-state index contributed by atoms with van der Waals surface area (Å²) >= 11 is 6.06. The average Bonchev–Trinajstić information content (AvgIpc) is 3.30. The van der Waals surface area contributed by atoms with Crippen LogP contribution in [0.25, 0.3) is 0 Å². The Kier molecular flexibility index (Phi) is 6.01. The van der Waals surface area contributed by atoms with Crippen LogP contribution < -0.4 is 0 Å². The van der Waals surface area contributed by atoms with Crippen LogP contribution in [-0.2, 0) is 14.9 Å². The molecule has 0 heterocycles. The summed E-state index contributed by atoms with van der Waals surface area (Å²) < 4.78 is 6.00. The van der Waals surface area contributed by atoms with Gasteiger partial charge in [0.15, 0.2) is 6.10 Å². The van der Waals surface area contributed by atoms with Crippen LogP contribution >= 0.6 is 11.6 Å². The lowest BCUT2D eigenvalue weighted by atomic mass is 9.79. The smallest absolute Gasteiger partial charge is 0.317 e. The highest BCUT2D eigenvalue weighted by molar-refractivity contribution is 6.30. The van der Waals surface area contributed by atoms with E-state index in [1.54, 1.807) is 24.3 Å². The minimum Gasteiger partial charge on any atom is -0.448 e. The minimum absolute atomic E-state index is 0.223. The van der Waals surface area contributed by atoms with Gasteiger partial charge in [0.2, 0.25) is 5.78 Å². The van der Waals surface area contributed by atoms with Crippen LogP contribution in [-0.4, -0.2) is 11.8 Å². The van der Waals surface area contributed by atoms with Gasteiger partial charge in [-0.15, -0.1) is 0 Å². The Morgan fingerprint density at radius 1 is 0.800 bits per heavy atom. The lowest BCUT2D eigenvalue weighted by Gasteiger charge is -2.29. The summed E-state index contributed by atoms with van der Waals surface area (Å²) in [5.74, 6) is -0.570. The third-order valence-corrected chi connectivity index (χ3v) is 6.12. The van der Waals surface area contributed by atoms with Crippen molar-refractivity contribution in [3.05, 3.63) is 107 Å². The molecular weight excluding hydrogens is 396 g/mol. The molecule has 0 radical (unpaired) electrons. The molecule has 0 saturated heterocycles. The summed E-state index contributed by atoms with van der Waals surface area (Å²) in [4.78, 5) is 26.9. The van der Waals surface area contributed by atoms with E-state index in [-0.39, 0.29) is 11.8 Å². The Balaban J connectivity index is 1.69. The molecule has 3 aromatic carbocycles. The fourth-order valence-electron chi connectivity index (χ4n) is 4.23. The molecule has 0 amide bonds. The number of benzene rings is 3. The molecule has 152 valence electrons.